The van der Waals surface area contributed by atoms with Gasteiger partial charge in [-0.15, -0.1) is 0 Å². The number of esters is 1. The summed E-state index contributed by atoms with van der Waals surface area (Å²) in [5.41, 5.74) is 1.60. The first-order valence-corrected chi connectivity index (χ1v) is 8.74. The molecule has 0 N–H and O–H groups in total. The number of benzene rings is 2. The lowest BCUT2D eigenvalue weighted by Crippen LogP contribution is -2.01. The number of carbonyl (C=O) groups is 1. The van der Waals surface area contributed by atoms with E-state index in [1.807, 2.05) is 24.3 Å². The number of para-hydroxylation sites is 1. The van der Waals surface area contributed by atoms with Crippen molar-refractivity contribution >= 4 is 24.0 Å². The summed E-state index contributed by atoms with van der Waals surface area (Å²) in [4.78, 5) is 16.5. The van der Waals surface area contributed by atoms with Gasteiger partial charge in [0.25, 0.3) is 0 Å². The van der Waals surface area contributed by atoms with Gasteiger partial charge in [-0.25, -0.2) is 9.79 Å². The summed E-state index contributed by atoms with van der Waals surface area (Å²) in [5, 5.41) is 0. The Morgan fingerprint density at radius 1 is 0.793 bits per heavy atom. The lowest BCUT2D eigenvalue weighted by Gasteiger charge is -2.14. The molecule has 0 spiro atoms. The van der Waals surface area contributed by atoms with Crippen LogP contribution in [0, 0.1) is 0 Å². The molecule has 7 nitrogen and oxygen atoms in total. The summed E-state index contributed by atoms with van der Waals surface area (Å²) in [5.74, 6) is 1.72. The summed E-state index contributed by atoms with van der Waals surface area (Å²) in [6.07, 6.45) is 4.96. The fourth-order valence-electron chi connectivity index (χ4n) is 2.85. The zero-order chi connectivity index (χ0) is 20.8. The average Bonchev–Trinajstić information content (AvgIpc) is 3.10. The number of cyclic esters (lactones) is 1. The van der Waals surface area contributed by atoms with Crippen LogP contribution in [0.1, 0.15) is 11.1 Å². The van der Waals surface area contributed by atoms with E-state index >= 15 is 0 Å². The maximum Gasteiger partial charge on any atom is 0.363 e. The lowest BCUT2D eigenvalue weighted by molar-refractivity contribution is -0.129. The highest BCUT2D eigenvalue weighted by Crippen LogP contribution is 2.40. The van der Waals surface area contributed by atoms with E-state index in [0.717, 1.165) is 5.56 Å². The van der Waals surface area contributed by atoms with Gasteiger partial charge < -0.3 is 23.7 Å². The van der Waals surface area contributed by atoms with E-state index in [1.165, 1.54) is 21.3 Å². The quantitative estimate of drug-likeness (QED) is 0.525. The van der Waals surface area contributed by atoms with E-state index in [0.29, 0.717) is 28.6 Å². The number of hydrogen-bond acceptors (Lipinski definition) is 7. The van der Waals surface area contributed by atoms with E-state index in [2.05, 4.69) is 4.99 Å². The first-order chi connectivity index (χ1) is 14.1. The molecule has 0 unspecified atom stereocenters. The number of carbonyl (C=O) groups excluding carboxylic acids is 1. The van der Waals surface area contributed by atoms with E-state index in [-0.39, 0.29) is 11.6 Å². The van der Waals surface area contributed by atoms with Gasteiger partial charge in [0, 0.05) is 17.2 Å². The average molecular weight is 395 g/mol. The number of hydrogen-bond donors (Lipinski definition) is 0. The molecule has 0 bridgehead atoms. The van der Waals surface area contributed by atoms with Gasteiger partial charge in [0.1, 0.15) is 5.75 Å². The van der Waals surface area contributed by atoms with Gasteiger partial charge in [-0.1, -0.05) is 18.2 Å². The van der Waals surface area contributed by atoms with Crippen molar-refractivity contribution in [2.45, 2.75) is 0 Å². The van der Waals surface area contributed by atoms with Gasteiger partial charge in [-0.2, -0.15) is 0 Å². The lowest BCUT2D eigenvalue weighted by atomic mass is 10.1. The third-order valence-electron chi connectivity index (χ3n) is 4.21. The molecular weight excluding hydrogens is 374 g/mol. The van der Waals surface area contributed by atoms with Crippen LogP contribution in [0.25, 0.3) is 12.2 Å². The molecule has 0 amide bonds. The molecule has 1 heterocycles. The predicted octanol–water partition coefficient (Wildman–Crippen LogP) is 3.73. The van der Waals surface area contributed by atoms with Crippen LogP contribution >= 0.6 is 0 Å². The number of methoxy groups -OCH3 is 4. The molecule has 1 aliphatic heterocycles. The van der Waals surface area contributed by atoms with Gasteiger partial charge in [0.2, 0.25) is 11.6 Å². The summed E-state index contributed by atoms with van der Waals surface area (Å²) in [6.45, 7) is 0. The second-order valence-corrected chi connectivity index (χ2v) is 5.87. The minimum atomic E-state index is -0.554. The molecule has 0 radical (unpaired) electrons. The highest BCUT2D eigenvalue weighted by Gasteiger charge is 2.23. The molecule has 0 saturated heterocycles. The first-order valence-electron chi connectivity index (χ1n) is 8.74. The minimum absolute atomic E-state index is 0.148. The molecule has 0 atom stereocenters. The maximum atomic E-state index is 12.2. The summed E-state index contributed by atoms with van der Waals surface area (Å²) < 4.78 is 26.6. The van der Waals surface area contributed by atoms with E-state index in [9.17, 15) is 4.79 Å². The van der Waals surface area contributed by atoms with Crippen molar-refractivity contribution in [1.29, 1.82) is 0 Å². The van der Waals surface area contributed by atoms with Crippen LogP contribution in [-0.4, -0.2) is 40.3 Å². The van der Waals surface area contributed by atoms with Crippen LogP contribution in [0.5, 0.6) is 23.0 Å². The number of rotatable bonds is 7. The van der Waals surface area contributed by atoms with Crippen LogP contribution in [0.2, 0.25) is 0 Å². The summed E-state index contributed by atoms with van der Waals surface area (Å²) in [7, 11) is 6.16. The number of aliphatic imine (C=N–C) groups is 1. The number of nitrogens with zero attached hydrogens (tertiary/aromatic N) is 1. The Balaban J connectivity index is 1.92. The number of ether oxygens (including phenoxy) is 5. The molecule has 0 saturated carbocycles. The Morgan fingerprint density at radius 2 is 1.52 bits per heavy atom. The fourth-order valence-corrected chi connectivity index (χ4v) is 2.85. The van der Waals surface area contributed by atoms with Crippen molar-refractivity contribution in [2.24, 2.45) is 4.99 Å². The molecule has 2 aromatic rings. The molecular formula is C22H21NO6. The standard InChI is InChI=1S/C22H21NO6/c1-25-17-8-6-5-7-14(17)10-12-19-23-16(22(24)29-19)13-15-9-11-18(26-2)21(28-4)20(15)27-3/h5-13H,1-4H3/b12-10+,16-13-. The molecule has 29 heavy (non-hydrogen) atoms. The van der Waals surface area contributed by atoms with Crippen molar-refractivity contribution < 1.29 is 28.5 Å². The highest BCUT2D eigenvalue weighted by atomic mass is 16.6. The van der Waals surface area contributed by atoms with Crippen molar-refractivity contribution in [3.8, 4) is 23.0 Å². The molecule has 3 rings (SSSR count). The van der Waals surface area contributed by atoms with Gasteiger partial charge >= 0.3 is 5.97 Å². The van der Waals surface area contributed by atoms with E-state index in [1.54, 1.807) is 37.5 Å². The van der Waals surface area contributed by atoms with Gasteiger partial charge in [0.05, 0.1) is 28.4 Å². The summed E-state index contributed by atoms with van der Waals surface area (Å²) >= 11 is 0. The smallest absolute Gasteiger partial charge is 0.363 e. The van der Waals surface area contributed by atoms with Crippen molar-refractivity contribution in [3.63, 3.8) is 0 Å². The molecule has 1 aliphatic rings. The van der Waals surface area contributed by atoms with Gasteiger partial charge in [0.15, 0.2) is 17.2 Å². The molecule has 0 aromatic heterocycles. The SMILES string of the molecule is COc1ccccc1/C=C/C1=NC(=C\c2ccc(OC)c(OC)c2OC)/C(=O)O1. The van der Waals surface area contributed by atoms with Crippen molar-refractivity contribution in [3.05, 3.63) is 59.3 Å². The van der Waals surface area contributed by atoms with E-state index < -0.39 is 5.97 Å². The topological polar surface area (TPSA) is 75.6 Å². The van der Waals surface area contributed by atoms with Crippen LogP contribution in [0.15, 0.2) is 53.2 Å². The third-order valence-corrected chi connectivity index (χ3v) is 4.21. The van der Waals surface area contributed by atoms with Gasteiger partial charge in [-0.05, 0) is 30.4 Å². The Hall–Kier alpha value is -3.74. The summed E-state index contributed by atoms with van der Waals surface area (Å²) in [6, 6.07) is 11.0. The molecule has 7 heteroatoms. The predicted molar refractivity (Wildman–Crippen MR) is 110 cm³/mol. The molecule has 0 aliphatic carbocycles. The van der Waals surface area contributed by atoms with E-state index in [4.69, 9.17) is 23.7 Å². The largest absolute Gasteiger partial charge is 0.496 e. The monoisotopic (exact) mass is 395 g/mol. The van der Waals surface area contributed by atoms with Crippen molar-refractivity contribution in [2.75, 3.05) is 28.4 Å². The molecule has 0 fully saturated rings. The first kappa shape index (κ1) is 20.0. The van der Waals surface area contributed by atoms with Crippen LogP contribution in [0.3, 0.4) is 0 Å². The fraction of sp³-hybridized carbons (Fsp3) is 0.182. The third kappa shape index (κ3) is 4.24. The Bertz CT molecular complexity index is 1010. The van der Waals surface area contributed by atoms with Crippen LogP contribution < -0.4 is 18.9 Å². The van der Waals surface area contributed by atoms with Crippen LogP contribution in [-0.2, 0) is 9.53 Å². The van der Waals surface area contributed by atoms with Crippen LogP contribution in [0.4, 0.5) is 0 Å². The van der Waals surface area contributed by atoms with Gasteiger partial charge in [-0.3, -0.25) is 0 Å². The normalized spacial score (nSPS) is 14.7. The Kier molecular flexibility index (Phi) is 6.19. The zero-order valence-electron chi connectivity index (χ0n) is 16.6. The second kappa shape index (κ2) is 8.97. The van der Waals surface area contributed by atoms with Crippen molar-refractivity contribution in [1.82, 2.24) is 0 Å². The Labute approximate surface area is 168 Å². The Morgan fingerprint density at radius 3 is 2.21 bits per heavy atom. The second-order valence-electron chi connectivity index (χ2n) is 5.87. The zero-order valence-corrected chi connectivity index (χ0v) is 16.6. The molecule has 150 valence electrons. The minimum Gasteiger partial charge on any atom is -0.496 e. The maximum absolute atomic E-state index is 12.2. The molecule has 2 aromatic carbocycles. The highest BCUT2D eigenvalue weighted by molar-refractivity contribution is 6.11.